The summed E-state index contributed by atoms with van der Waals surface area (Å²) in [7, 11) is 1.68. The van der Waals surface area contributed by atoms with Crippen LogP contribution in [0.5, 0.6) is 0 Å². The van der Waals surface area contributed by atoms with E-state index in [0.29, 0.717) is 30.5 Å². The number of ether oxygens (including phenoxy) is 2. The van der Waals surface area contributed by atoms with E-state index < -0.39 is 31.8 Å². The van der Waals surface area contributed by atoms with Gasteiger partial charge < -0.3 is 33.0 Å². The first-order valence-corrected chi connectivity index (χ1v) is 18.9. The fourth-order valence-corrected chi connectivity index (χ4v) is 5.96. The lowest BCUT2D eigenvalue weighted by Gasteiger charge is -2.30. The quantitative estimate of drug-likeness (QED) is 0.0349. The Hall–Kier alpha value is -0.990. The van der Waals surface area contributed by atoms with Crippen LogP contribution >= 0.6 is 7.60 Å². The Labute approximate surface area is 263 Å². The van der Waals surface area contributed by atoms with E-state index in [1.807, 2.05) is 21.1 Å². The number of hydrogen-bond donors (Lipinski definition) is 1. The van der Waals surface area contributed by atoms with Crippen LogP contribution in [0.1, 0.15) is 142 Å². The summed E-state index contributed by atoms with van der Waals surface area (Å²) in [5, 5.41) is 8.70. The highest BCUT2D eigenvalue weighted by molar-refractivity contribution is 7.51. The second-order valence-electron chi connectivity index (χ2n) is 13.1. The van der Waals surface area contributed by atoms with E-state index in [0.717, 1.165) is 32.1 Å². The molecule has 0 heterocycles. The van der Waals surface area contributed by atoms with Gasteiger partial charge in [-0.05, 0) is 19.3 Å². The number of quaternary nitrogens is 1. The Bertz CT molecular complexity index is 728. The van der Waals surface area contributed by atoms with Gasteiger partial charge in [0, 0.05) is 19.4 Å². The maximum absolute atomic E-state index is 12.6. The Morgan fingerprint density at radius 2 is 1.19 bits per heavy atom. The number of rotatable bonds is 32. The van der Waals surface area contributed by atoms with Crippen LogP contribution in [-0.2, 0) is 28.2 Å². The molecule has 9 nitrogen and oxygen atoms in total. The van der Waals surface area contributed by atoms with E-state index in [9.17, 15) is 19.0 Å². The molecule has 0 rings (SSSR count). The molecule has 0 aromatic carbocycles. The van der Waals surface area contributed by atoms with Gasteiger partial charge in [0.2, 0.25) is 0 Å². The van der Waals surface area contributed by atoms with Crippen molar-refractivity contribution in [2.45, 2.75) is 148 Å². The largest absolute Gasteiger partial charge is 0.778 e. The topological polar surface area (TPSA) is 122 Å². The van der Waals surface area contributed by atoms with Crippen molar-refractivity contribution >= 4 is 19.5 Å². The van der Waals surface area contributed by atoms with E-state index in [1.165, 1.54) is 77.0 Å². The highest BCUT2D eigenvalue weighted by Gasteiger charge is 2.23. The van der Waals surface area contributed by atoms with Crippen molar-refractivity contribution in [2.75, 3.05) is 53.7 Å². The third kappa shape index (κ3) is 32.2. The van der Waals surface area contributed by atoms with Gasteiger partial charge in [0.05, 0.1) is 33.9 Å². The van der Waals surface area contributed by atoms with E-state index >= 15 is 0 Å². The second-order valence-corrected chi connectivity index (χ2v) is 14.9. The first-order valence-electron chi connectivity index (χ1n) is 17.2. The predicted molar refractivity (Wildman–Crippen MR) is 172 cm³/mol. The highest BCUT2D eigenvalue weighted by atomic mass is 31.2. The molecule has 0 saturated carbocycles. The molecule has 0 aliphatic heterocycles. The molecule has 0 aliphatic carbocycles. The molecule has 0 fully saturated rings. The summed E-state index contributed by atoms with van der Waals surface area (Å²) in [6.07, 6.45) is 20.6. The fourth-order valence-electron chi connectivity index (χ4n) is 4.81. The van der Waals surface area contributed by atoms with E-state index in [-0.39, 0.29) is 26.1 Å². The second kappa shape index (κ2) is 27.3. The van der Waals surface area contributed by atoms with Gasteiger partial charge in [-0.25, -0.2) is 0 Å². The monoisotopic (exact) mass is 635 g/mol. The standard InChI is InChI=1S/C33H66NO8P/c1-5-6-7-8-9-10-11-12-13-14-15-16-20-23-27-40-29-31(30-43(38,39)41-28-26-34(2,3)4)42-33(37)25-22-19-17-18-21-24-32(35)36/h31H,5-30H2,1-4H3,(H-,35,36,38,39)/t31-/m1/s1. The van der Waals surface area contributed by atoms with Crippen molar-refractivity contribution in [1.29, 1.82) is 0 Å². The van der Waals surface area contributed by atoms with Crippen molar-refractivity contribution < 1.29 is 42.6 Å². The normalized spacial score (nSPS) is 14.0. The van der Waals surface area contributed by atoms with Crippen LogP contribution in [0.4, 0.5) is 0 Å². The zero-order valence-corrected chi connectivity index (χ0v) is 29.1. The molecule has 0 saturated heterocycles. The maximum Gasteiger partial charge on any atom is 0.306 e. The summed E-state index contributed by atoms with van der Waals surface area (Å²) >= 11 is 0. The first kappa shape index (κ1) is 42.0. The smallest absolute Gasteiger partial charge is 0.306 e. The maximum atomic E-state index is 12.6. The van der Waals surface area contributed by atoms with Gasteiger partial charge in [-0.15, -0.1) is 0 Å². The minimum atomic E-state index is -4.20. The average molecular weight is 636 g/mol. The van der Waals surface area contributed by atoms with Crippen molar-refractivity contribution in [2.24, 2.45) is 0 Å². The van der Waals surface area contributed by atoms with Crippen LogP contribution in [0.15, 0.2) is 0 Å². The Morgan fingerprint density at radius 3 is 1.67 bits per heavy atom. The molecule has 0 aliphatic rings. The number of carboxylic acids is 1. The molecule has 256 valence electrons. The number of carboxylic acid groups (broad SMARTS) is 1. The fraction of sp³-hybridized carbons (Fsp3) is 0.939. The van der Waals surface area contributed by atoms with Crippen LogP contribution in [0, 0.1) is 0 Å². The van der Waals surface area contributed by atoms with E-state index in [1.54, 1.807) is 0 Å². The number of aliphatic carboxylic acids is 1. The van der Waals surface area contributed by atoms with Crippen LogP contribution in [0.25, 0.3) is 0 Å². The zero-order chi connectivity index (χ0) is 32.2. The summed E-state index contributed by atoms with van der Waals surface area (Å²) in [6, 6.07) is 0. The molecule has 0 amide bonds. The first-order chi connectivity index (χ1) is 20.4. The number of esters is 1. The number of nitrogens with zero attached hydrogens (tertiary/aromatic N) is 1. The van der Waals surface area contributed by atoms with Crippen molar-refractivity contribution in [3.05, 3.63) is 0 Å². The molecule has 0 aromatic rings. The van der Waals surface area contributed by atoms with Crippen molar-refractivity contribution in [3.8, 4) is 0 Å². The van der Waals surface area contributed by atoms with Gasteiger partial charge >= 0.3 is 11.9 Å². The van der Waals surface area contributed by atoms with Gasteiger partial charge in [-0.1, -0.05) is 110 Å². The molecule has 0 bridgehead atoms. The van der Waals surface area contributed by atoms with Crippen LogP contribution < -0.4 is 4.89 Å². The summed E-state index contributed by atoms with van der Waals surface area (Å²) < 4.78 is 29.7. The third-order valence-electron chi connectivity index (χ3n) is 7.49. The molecule has 0 aromatic heterocycles. The van der Waals surface area contributed by atoms with E-state index in [2.05, 4.69) is 6.92 Å². The van der Waals surface area contributed by atoms with Gasteiger partial charge in [0.1, 0.15) is 26.9 Å². The molecule has 10 heteroatoms. The Kier molecular flexibility index (Phi) is 26.7. The third-order valence-corrected chi connectivity index (χ3v) is 8.92. The zero-order valence-electron chi connectivity index (χ0n) is 28.2. The number of carbonyl (C=O) groups is 2. The lowest BCUT2D eigenvalue weighted by molar-refractivity contribution is -0.870. The van der Waals surface area contributed by atoms with Crippen molar-refractivity contribution in [1.82, 2.24) is 0 Å². The number of carbonyl (C=O) groups excluding carboxylic acids is 1. The lowest BCUT2D eigenvalue weighted by atomic mass is 10.0. The van der Waals surface area contributed by atoms with Gasteiger partial charge in [-0.3, -0.25) is 9.59 Å². The van der Waals surface area contributed by atoms with Crippen LogP contribution in [0.3, 0.4) is 0 Å². The molecule has 2 atom stereocenters. The van der Waals surface area contributed by atoms with Crippen LogP contribution in [0.2, 0.25) is 0 Å². The van der Waals surface area contributed by atoms with E-state index in [4.69, 9.17) is 19.1 Å². The summed E-state index contributed by atoms with van der Waals surface area (Å²) in [5.74, 6) is -1.24. The highest BCUT2D eigenvalue weighted by Crippen LogP contribution is 2.38. The molecule has 1 unspecified atom stereocenters. The van der Waals surface area contributed by atoms with Crippen molar-refractivity contribution in [3.63, 3.8) is 0 Å². The number of hydrogen-bond acceptors (Lipinski definition) is 7. The number of likely N-dealkylation sites (N-methyl/N-ethyl adjacent to an activating group) is 1. The predicted octanol–water partition coefficient (Wildman–Crippen LogP) is 7.49. The SMILES string of the molecule is CCCCCCCCCCCCCCCCOC[C@H](CP(=O)([O-])OCC[N+](C)(C)C)OC(=O)CCCCCCCC(=O)O. The van der Waals surface area contributed by atoms with Crippen LogP contribution in [-0.4, -0.2) is 81.3 Å². The molecule has 0 radical (unpaired) electrons. The average Bonchev–Trinajstić information content (AvgIpc) is 2.91. The number of unbranched alkanes of at least 4 members (excludes halogenated alkanes) is 17. The lowest BCUT2D eigenvalue weighted by Crippen LogP contribution is -2.38. The minimum absolute atomic E-state index is 0.0320. The molecule has 0 spiro atoms. The minimum Gasteiger partial charge on any atom is -0.778 e. The summed E-state index contributed by atoms with van der Waals surface area (Å²) in [4.78, 5) is 35.6. The van der Waals surface area contributed by atoms with Gasteiger partial charge in [0.25, 0.3) is 0 Å². The molecular formula is C33H66NO8P. The summed E-state index contributed by atoms with van der Waals surface area (Å²) in [5.41, 5.74) is 0. The van der Waals surface area contributed by atoms with Gasteiger partial charge in [0.15, 0.2) is 0 Å². The molecule has 43 heavy (non-hydrogen) atoms. The Morgan fingerprint density at radius 1 is 0.721 bits per heavy atom. The van der Waals surface area contributed by atoms with Gasteiger partial charge in [-0.2, -0.15) is 0 Å². The summed E-state index contributed by atoms with van der Waals surface area (Å²) in [6.45, 7) is 3.41. The molecule has 1 N–H and O–H groups in total. The Balaban J connectivity index is 4.26. The molecular weight excluding hydrogens is 569 g/mol.